The highest BCUT2D eigenvalue weighted by molar-refractivity contribution is 8.00. The van der Waals surface area contributed by atoms with E-state index in [0.717, 1.165) is 23.5 Å². The van der Waals surface area contributed by atoms with Crippen molar-refractivity contribution in [3.63, 3.8) is 0 Å². The molecular formula is C20H23N5O2S. The zero-order chi connectivity index (χ0) is 19.9. The molecule has 146 valence electrons. The Morgan fingerprint density at radius 1 is 1.14 bits per heavy atom. The Hall–Kier alpha value is -2.87. The number of carbonyl (C=O) groups excluding carboxylic acids is 1. The molecule has 0 unspecified atom stereocenters. The number of tetrazole rings is 1. The maximum absolute atomic E-state index is 12.5. The minimum absolute atomic E-state index is 0.101. The number of nitrogens with zero attached hydrogens (tertiary/aromatic N) is 4. The van der Waals surface area contributed by atoms with Crippen LogP contribution in [0.4, 0.5) is 5.69 Å². The number of hydrogen-bond donors (Lipinski definition) is 1. The fourth-order valence-corrected chi connectivity index (χ4v) is 3.35. The van der Waals surface area contributed by atoms with Crippen molar-refractivity contribution >= 4 is 23.4 Å². The van der Waals surface area contributed by atoms with Gasteiger partial charge in [-0.05, 0) is 72.7 Å². The van der Waals surface area contributed by atoms with Crippen LogP contribution in [0.15, 0.2) is 53.7 Å². The molecule has 1 atom stereocenters. The summed E-state index contributed by atoms with van der Waals surface area (Å²) in [6, 6.07) is 15.4. The molecule has 0 saturated heterocycles. The number of benzene rings is 2. The summed E-state index contributed by atoms with van der Waals surface area (Å²) in [7, 11) is 0. The van der Waals surface area contributed by atoms with Crippen molar-refractivity contribution in [3.05, 3.63) is 54.1 Å². The quantitative estimate of drug-likeness (QED) is 0.583. The van der Waals surface area contributed by atoms with Gasteiger partial charge in [0.2, 0.25) is 11.1 Å². The van der Waals surface area contributed by atoms with Gasteiger partial charge in [0.15, 0.2) is 0 Å². The maximum Gasteiger partial charge on any atom is 0.237 e. The van der Waals surface area contributed by atoms with Gasteiger partial charge in [0.25, 0.3) is 0 Å². The Kier molecular flexibility index (Phi) is 6.65. The lowest BCUT2D eigenvalue weighted by Crippen LogP contribution is -2.22. The van der Waals surface area contributed by atoms with Crippen molar-refractivity contribution in [2.75, 3.05) is 11.9 Å². The van der Waals surface area contributed by atoms with Crippen LogP contribution in [0.5, 0.6) is 5.75 Å². The Bertz CT molecular complexity index is 909. The molecule has 1 heterocycles. The molecular weight excluding hydrogens is 374 g/mol. The van der Waals surface area contributed by atoms with Gasteiger partial charge in [0.1, 0.15) is 5.75 Å². The molecule has 1 aromatic heterocycles. The number of aryl methyl sites for hydroxylation is 1. The van der Waals surface area contributed by atoms with E-state index in [-0.39, 0.29) is 11.2 Å². The van der Waals surface area contributed by atoms with E-state index >= 15 is 0 Å². The molecule has 0 fully saturated rings. The molecule has 0 aliphatic carbocycles. The van der Waals surface area contributed by atoms with Crippen molar-refractivity contribution in [1.29, 1.82) is 0 Å². The molecule has 0 spiro atoms. The minimum atomic E-state index is -0.363. The largest absolute Gasteiger partial charge is 0.494 e. The Labute approximate surface area is 168 Å². The predicted molar refractivity (Wildman–Crippen MR) is 110 cm³/mol. The van der Waals surface area contributed by atoms with Gasteiger partial charge in [-0.1, -0.05) is 30.8 Å². The third kappa shape index (κ3) is 4.89. The summed E-state index contributed by atoms with van der Waals surface area (Å²) in [5.41, 5.74) is 2.81. The highest BCUT2D eigenvalue weighted by atomic mass is 32.2. The van der Waals surface area contributed by atoms with Crippen LogP contribution in [0.3, 0.4) is 0 Å². The number of rotatable bonds is 8. The summed E-state index contributed by atoms with van der Waals surface area (Å²) in [6.07, 6.45) is 0.967. The second-order valence-electron chi connectivity index (χ2n) is 6.10. The first-order valence-corrected chi connectivity index (χ1v) is 10.1. The zero-order valence-corrected chi connectivity index (χ0v) is 16.9. The van der Waals surface area contributed by atoms with Crippen LogP contribution >= 0.6 is 11.8 Å². The molecule has 28 heavy (non-hydrogen) atoms. The van der Waals surface area contributed by atoms with Crippen molar-refractivity contribution in [1.82, 2.24) is 20.2 Å². The summed E-state index contributed by atoms with van der Waals surface area (Å²) in [6.45, 7) is 6.48. The molecule has 0 saturated carbocycles. The lowest BCUT2D eigenvalue weighted by molar-refractivity contribution is -0.115. The number of nitrogens with one attached hydrogen (secondary N) is 1. The topological polar surface area (TPSA) is 81.9 Å². The number of amides is 1. The molecule has 0 bridgehead atoms. The van der Waals surface area contributed by atoms with Gasteiger partial charge in [0, 0.05) is 5.69 Å². The molecule has 0 aliphatic rings. The predicted octanol–water partition coefficient (Wildman–Crippen LogP) is 3.74. The van der Waals surface area contributed by atoms with Gasteiger partial charge in [-0.3, -0.25) is 4.79 Å². The molecule has 7 nitrogen and oxygen atoms in total. The average molecular weight is 398 g/mol. The minimum Gasteiger partial charge on any atom is -0.494 e. The van der Waals surface area contributed by atoms with Gasteiger partial charge in [-0.2, -0.15) is 4.68 Å². The van der Waals surface area contributed by atoms with Gasteiger partial charge >= 0.3 is 0 Å². The van der Waals surface area contributed by atoms with Gasteiger partial charge < -0.3 is 10.1 Å². The normalized spacial score (nSPS) is 11.8. The van der Waals surface area contributed by atoms with Crippen molar-refractivity contribution in [2.45, 2.75) is 37.6 Å². The fraction of sp³-hybridized carbons (Fsp3) is 0.300. The number of aromatic nitrogens is 4. The van der Waals surface area contributed by atoms with Crippen LogP contribution in [0.25, 0.3) is 5.69 Å². The van der Waals surface area contributed by atoms with Crippen LogP contribution in [-0.2, 0) is 11.2 Å². The molecule has 3 aromatic rings. The van der Waals surface area contributed by atoms with Crippen LogP contribution in [0, 0.1) is 0 Å². The smallest absolute Gasteiger partial charge is 0.237 e. The Morgan fingerprint density at radius 3 is 2.50 bits per heavy atom. The van der Waals surface area contributed by atoms with E-state index in [1.807, 2.05) is 62.4 Å². The number of hydrogen-bond acceptors (Lipinski definition) is 6. The second-order valence-corrected chi connectivity index (χ2v) is 7.41. The molecule has 0 aliphatic heterocycles. The van der Waals surface area contributed by atoms with Gasteiger partial charge in [0.05, 0.1) is 17.5 Å². The third-order valence-electron chi connectivity index (χ3n) is 4.11. The number of thioether (sulfide) groups is 1. The Morgan fingerprint density at radius 2 is 1.86 bits per heavy atom. The monoisotopic (exact) mass is 397 g/mol. The first-order chi connectivity index (χ1) is 13.6. The number of carbonyl (C=O) groups is 1. The Balaban J connectivity index is 1.66. The fourth-order valence-electron chi connectivity index (χ4n) is 2.54. The first-order valence-electron chi connectivity index (χ1n) is 9.18. The average Bonchev–Trinajstić information content (AvgIpc) is 3.17. The van der Waals surface area contributed by atoms with E-state index in [1.54, 1.807) is 4.68 Å². The summed E-state index contributed by atoms with van der Waals surface area (Å²) in [5, 5.41) is 15.0. The van der Waals surface area contributed by atoms with E-state index in [1.165, 1.54) is 17.3 Å². The van der Waals surface area contributed by atoms with Crippen LogP contribution in [0.2, 0.25) is 0 Å². The standard InChI is InChI=1S/C20H23N5O2S/c1-4-15-6-8-16(9-7-15)21-19(26)14(3)28-20-22-23-24-25(20)17-10-12-18(13-11-17)27-5-2/h6-14H,4-5H2,1-3H3,(H,21,26)/t14-/m1/s1. The summed E-state index contributed by atoms with van der Waals surface area (Å²) >= 11 is 1.30. The van der Waals surface area contributed by atoms with Crippen LogP contribution in [-0.4, -0.2) is 38.0 Å². The second kappa shape index (κ2) is 9.36. The lowest BCUT2D eigenvalue weighted by atomic mass is 10.1. The van der Waals surface area contributed by atoms with Crippen LogP contribution < -0.4 is 10.1 Å². The SMILES string of the molecule is CCOc1ccc(-n2nnnc2S[C@H](C)C(=O)Nc2ccc(CC)cc2)cc1. The zero-order valence-electron chi connectivity index (χ0n) is 16.1. The molecule has 1 N–H and O–H groups in total. The van der Waals surface area contributed by atoms with Crippen LogP contribution in [0.1, 0.15) is 26.3 Å². The van der Waals surface area contributed by atoms with Crippen molar-refractivity contribution in [2.24, 2.45) is 0 Å². The van der Waals surface area contributed by atoms with E-state index in [0.29, 0.717) is 11.8 Å². The number of ether oxygens (including phenoxy) is 1. The molecule has 0 radical (unpaired) electrons. The maximum atomic E-state index is 12.5. The van der Waals surface area contributed by atoms with E-state index in [2.05, 4.69) is 27.8 Å². The summed E-state index contributed by atoms with van der Waals surface area (Å²) in [4.78, 5) is 12.5. The molecule has 3 rings (SSSR count). The molecule has 1 amide bonds. The van der Waals surface area contributed by atoms with Crippen molar-refractivity contribution < 1.29 is 9.53 Å². The highest BCUT2D eigenvalue weighted by Gasteiger charge is 2.19. The first kappa shape index (κ1) is 19.9. The highest BCUT2D eigenvalue weighted by Crippen LogP contribution is 2.25. The van der Waals surface area contributed by atoms with Gasteiger partial charge in [-0.25, -0.2) is 0 Å². The lowest BCUT2D eigenvalue weighted by Gasteiger charge is -2.12. The third-order valence-corrected chi connectivity index (χ3v) is 5.15. The van der Waals surface area contributed by atoms with Gasteiger partial charge in [-0.15, -0.1) is 5.10 Å². The molecule has 2 aromatic carbocycles. The summed E-state index contributed by atoms with van der Waals surface area (Å²) in [5.74, 6) is 0.686. The van der Waals surface area contributed by atoms with E-state index in [4.69, 9.17) is 4.74 Å². The van der Waals surface area contributed by atoms with Crippen molar-refractivity contribution in [3.8, 4) is 11.4 Å². The molecule has 8 heteroatoms. The summed E-state index contributed by atoms with van der Waals surface area (Å²) < 4.78 is 7.07. The van der Waals surface area contributed by atoms with E-state index in [9.17, 15) is 4.79 Å². The van der Waals surface area contributed by atoms with E-state index < -0.39 is 0 Å². The number of anilines is 1.